The lowest BCUT2D eigenvalue weighted by Gasteiger charge is -2.34. The number of hydrogen-bond donors (Lipinski definition) is 4. The first-order valence-electron chi connectivity index (χ1n) is 18.8. The average Bonchev–Trinajstić information content (AvgIpc) is 3.18. The summed E-state index contributed by atoms with van der Waals surface area (Å²) in [5.41, 5.74) is 1.91. The van der Waals surface area contributed by atoms with E-state index in [9.17, 15) is 30.0 Å². The van der Waals surface area contributed by atoms with Gasteiger partial charge in [0.25, 0.3) is 0 Å². The Labute approximate surface area is 344 Å². The quantitative estimate of drug-likeness (QED) is 0.133. The number of rotatable bonds is 6. The van der Waals surface area contributed by atoms with Gasteiger partial charge in [-0.25, -0.2) is 0 Å². The molecule has 4 heterocycles. The highest BCUT2D eigenvalue weighted by Crippen LogP contribution is 2.45. The van der Waals surface area contributed by atoms with Crippen molar-refractivity contribution in [3.8, 4) is 45.6 Å². The maximum Gasteiger partial charge on any atom is 0.197 e. The van der Waals surface area contributed by atoms with Crippen LogP contribution in [0.1, 0.15) is 35.8 Å². The van der Waals surface area contributed by atoms with Gasteiger partial charge in [-0.15, -0.1) is 0 Å². The lowest BCUT2D eigenvalue weighted by molar-refractivity contribution is 0.0629. The third-order valence-electron chi connectivity index (χ3n) is 11.0. The van der Waals surface area contributed by atoms with Gasteiger partial charge in [0.1, 0.15) is 56.5 Å². The molecule has 58 heavy (non-hydrogen) atoms. The van der Waals surface area contributed by atoms with Crippen LogP contribution in [-0.2, 0) is 0 Å². The van der Waals surface area contributed by atoms with E-state index in [1.165, 1.54) is 19.2 Å². The maximum atomic E-state index is 13.1. The number of β-amino-alcohol motifs (C(OH)–C–C–N with tert-alkyl or cyclic N) is 2. The molecule has 2 fully saturated rings. The Morgan fingerprint density at radius 3 is 1.59 bits per heavy atom. The Morgan fingerprint density at radius 1 is 0.638 bits per heavy atom. The summed E-state index contributed by atoms with van der Waals surface area (Å²) in [7, 11) is 6.93. The van der Waals surface area contributed by atoms with E-state index in [0.29, 0.717) is 86.5 Å². The minimum Gasteiger partial charge on any atom is -0.507 e. The van der Waals surface area contributed by atoms with Crippen LogP contribution >= 0.6 is 23.2 Å². The van der Waals surface area contributed by atoms with Crippen molar-refractivity contribution in [1.29, 1.82) is 0 Å². The van der Waals surface area contributed by atoms with Gasteiger partial charge in [0.05, 0.1) is 36.5 Å². The minimum absolute atomic E-state index is 0.0188. The maximum absolute atomic E-state index is 13.1. The summed E-state index contributed by atoms with van der Waals surface area (Å²) in [6, 6.07) is 19.7. The molecule has 0 spiro atoms. The van der Waals surface area contributed by atoms with Gasteiger partial charge in [0, 0.05) is 71.4 Å². The van der Waals surface area contributed by atoms with Crippen molar-refractivity contribution >= 4 is 45.1 Å². The number of halogens is 2. The van der Waals surface area contributed by atoms with Crippen molar-refractivity contribution < 1.29 is 38.7 Å². The summed E-state index contributed by atoms with van der Waals surface area (Å²) in [5.74, 6) is 0.239. The first-order chi connectivity index (χ1) is 27.8. The van der Waals surface area contributed by atoms with Gasteiger partial charge in [0.2, 0.25) is 0 Å². The van der Waals surface area contributed by atoms with E-state index >= 15 is 0 Å². The van der Waals surface area contributed by atoms with Gasteiger partial charge in [0.15, 0.2) is 10.9 Å². The standard InChI is InChI=1S/C23H24ClNO5.C21H20ClNO5/c1-25-9-8-14(17(27)12-25)21-19(28-2)11-20(29-3)22-16(26)10-18(30-23(21)22)13-6-4-5-7-15(13)24;1-23-7-6-12(17(27)10-23)19-14(24)8-15(25)20-16(26)9-18(28-21(19)20)11-4-2-3-5-13(11)22/h4-7,10-11,14,17,27H,8-9,12H2,1-3H3;2-5,8-9,12,17,24-25,27H,6-7,10H2,1H3/t14-,17+;12-,17+/m00/s1. The predicted molar refractivity (Wildman–Crippen MR) is 224 cm³/mol. The summed E-state index contributed by atoms with van der Waals surface area (Å²) in [5, 5.41) is 43.4. The van der Waals surface area contributed by atoms with Crippen LogP contribution in [0.15, 0.2) is 91.2 Å². The smallest absolute Gasteiger partial charge is 0.197 e. The van der Waals surface area contributed by atoms with Crippen LogP contribution in [-0.4, -0.2) is 96.9 Å². The predicted octanol–water partition coefficient (Wildman–Crippen LogP) is 7.22. The fourth-order valence-electron chi connectivity index (χ4n) is 8.10. The molecule has 0 aliphatic carbocycles. The van der Waals surface area contributed by atoms with Gasteiger partial charge in [-0.05, 0) is 64.3 Å². The first-order valence-corrected chi connectivity index (χ1v) is 19.5. The Morgan fingerprint density at radius 2 is 1.10 bits per heavy atom. The number of likely N-dealkylation sites (tertiary alicyclic amines) is 2. The molecule has 2 aliphatic rings. The van der Waals surface area contributed by atoms with Gasteiger partial charge in [-0.3, -0.25) is 9.59 Å². The molecule has 0 bridgehead atoms. The van der Waals surface area contributed by atoms with E-state index in [0.717, 1.165) is 19.2 Å². The number of methoxy groups -OCH3 is 2. The average molecular weight is 832 g/mol. The number of hydrogen-bond acceptors (Lipinski definition) is 12. The number of piperidine rings is 2. The molecule has 0 amide bonds. The molecule has 4 N–H and O–H groups in total. The topological polar surface area (TPSA) is 166 Å². The van der Waals surface area contributed by atoms with Crippen molar-refractivity contribution in [2.75, 3.05) is 54.5 Å². The Kier molecular flexibility index (Phi) is 12.1. The molecule has 0 unspecified atom stereocenters. The number of aliphatic hydroxyl groups is 2. The molecule has 14 heteroatoms. The molecule has 0 saturated carbocycles. The van der Waals surface area contributed by atoms with Crippen molar-refractivity contribution in [2.45, 2.75) is 36.9 Å². The summed E-state index contributed by atoms with van der Waals surface area (Å²) >= 11 is 12.6. The number of phenols is 2. The Bertz CT molecular complexity index is 2610. The third-order valence-corrected chi connectivity index (χ3v) is 11.7. The zero-order valence-corrected chi connectivity index (χ0v) is 33.9. The molecular formula is C44H44Cl2N2O10. The summed E-state index contributed by atoms with van der Waals surface area (Å²) in [6.45, 7) is 2.49. The van der Waals surface area contributed by atoms with Crippen molar-refractivity contribution in [3.05, 3.63) is 114 Å². The number of fused-ring (bicyclic) bond motifs is 2. The number of phenolic OH excluding ortho intramolecular Hbond substituents is 2. The molecule has 304 valence electrons. The van der Waals surface area contributed by atoms with E-state index in [1.54, 1.807) is 49.6 Å². The molecule has 2 aromatic heterocycles. The van der Waals surface area contributed by atoms with E-state index < -0.39 is 23.6 Å². The fourth-order valence-corrected chi connectivity index (χ4v) is 8.56. The molecule has 8 rings (SSSR count). The molecule has 4 aromatic carbocycles. The van der Waals surface area contributed by atoms with Gasteiger partial charge >= 0.3 is 0 Å². The van der Waals surface area contributed by atoms with Crippen molar-refractivity contribution in [3.63, 3.8) is 0 Å². The van der Waals surface area contributed by atoms with Crippen LogP contribution in [0.25, 0.3) is 44.6 Å². The van der Waals surface area contributed by atoms with Gasteiger partial charge in [-0.1, -0.05) is 47.5 Å². The Balaban J connectivity index is 0.000000177. The van der Waals surface area contributed by atoms with Crippen LogP contribution in [0.4, 0.5) is 0 Å². The Hall–Kier alpha value is -5.08. The zero-order valence-electron chi connectivity index (χ0n) is 32.4. The van der Waals surface area contributed by atoms with Crippen LogP contribution in [0, 0.1) is 0 Å². The van der Waals surface area contributed by atoms with E-state index in [-0.39, 0.29) is 39.6 Å². The summed E-state index contributed by atoms with van der Waals surface area (Å²) in [6.07, 6.45) is -0.0872. The lowest BCUT2D eigenvalue weighted by atomic mass is 9.85. The molecule has 2 saturated heterocycles. The van der Waals surface area contributed by atoms with Crippen molar-refractivity contribution in [2.24, 2.45) is 0 Å². The van der Waals surface area contributed by atoms with E-state index in [4.69, 9.17) is 41.5 Å². The second-order valence-corrected chi connectivity index (χ2v) is 15.6. The summed E-state index contributed by atoms with van der Waals surface area (Å²) < 4.78 is 23.4. The summed E-state index contributed by atoms with van der Waals surface area (Å²) in [4.78, 5) is 30.0. The normalized spacial score (nSPS) is 20.1. The molecule has 6 aromatic rings. The lowest BCUT2D eigenvalue weighted by Crippen LogP contribution is -2.40. The second kappa shape index (κ2) is 17.0. The molecule has 12 nitrogen and oxygen atoms in total. The molecular weight excluding hydrogens is 787 g/mol. The first kappa shape index (κ1) is 41.1. The highest BCUT2D eigenvalue weighted by Gasteiger charge is 2.35. The minimum atomic E-state index is -0.744. The van der Waals surface area contributed by atoms with E-state index in [2.05, 4.69) is 4.90 Å². The number of ether oxygens (including phenoxy) is 2. The van der Waals surface area contributed by atoms with Crippen molar-refractivity contribution in [1.82, 2.24) is 9.80 Å². The molecule has 2 aliphatic heterocycles. The number of likely N-dealkylation sites (N-methyl/N-ethyl adjacent to an activating group) is 2. The van der Waals surface area contributed by atoms with Crippen LogP contribution in [0.3, 0.4) is 0 Å². The second-order valence-electron chi connectivity index (χ2n) is 14.8. The van der Waals surface area contributed by atoms with Crippen LogP contribution in [0.5, 0.6) is 23.0 Å². The monoisotopic (exact) mass is 830 g/mol. The van der Waals surface area contributed by atoms with Gasteiger partial charge in [-0.2, -0.15) is 0 Å². The third kappa shape index (κ3) is 7.88. The zero-order chi connectivity index (χ0) is 41.4. The van der Waals surface area contributed by atoms with E-state index in [1.807, 2.05) is 31.1 Å². The van der Waals surface area contributed by atoms with Crippen LogP contribution in [0.2, 0.25) is 10.0 Å². The molecule has 4 atom stereocenters. The number of aliphatic hydroxyl groups excluding tert-OH is 2. The van der Waals surface area contributed by atoms with Gasteiger partial charge < -0.3 is 48.5 Å². The number of aromatic hydroxyl groups is 2. The largest absolute Gasteiger partial charge is 0.507 e. The SMILES string of the molecule is CN1CC[C@H](c2c(O)cc(O)c3c(=O)cc(-c4ccccc4Cl)oc23)[C@H](O)C1.COc1cc(OC)c2c(=O)cc(-c3ccccc3Cl)oc2c1[C@H]1CCN(C)C[C@H]1O. The number of benzene rings is 4. The van der Waals surface area contributed by atoms with Crippen LogP contribution < -0.4 is 20.3 Å². The highest BCUT2D eigenvalue weighted by atomic mass is 35.5. The number of nitrogens with zero attached hydrogens (tertiary/aromatic N) is 2. The molecule has 0 radical (unpaired) electrons. The fraction of sp³-hybridized carbons (Fsp3) is 0.318. The highest BCUT2D eigenvalue weighted by molar-refractivity contribution is 6.33.